The molecule has 1 saturated carbocycles. The molecule has 19 heavy (non-hydrogen) atoms. The number of hydrogen-bond donors (Lipinski definition) is 2. The summed E-state index contributed by atoms with van der Waals surface area (Å²) in [5.41, 5.74) is 0.709. The highest BCUT2D eigenvalue weighted by molar-refractivity contribution is 9.10. The first-order valence-electron chi connectivity index (χ1n) is 6.33. The van der Waals surface area contributed by atoms with Crippen molar-refractivity contribution in [3.63, 3.8) is 0 Å². The van der Waals surface area contributed by atoms with E-state index in [0.717, 1.165) is 23.7 Å². The van der Waals surface area contributed by atoms with Gasteiger partial charge >= 0.3 is 0 Å². The van der Waals surface area contributed by atoms with Gasteiger partial charge in [-0.1, -0.05) is 22.4 Å². The van der Waals surface area contributed by atoms with Crippen molar-refractivity contribution in [1.82, 2.24) is 4.72 Å². The molecule has 6 heteroatoms. The van der Waals surface area contributed by atoms with Crippen LogP contribution in [0.1, 0.15) is 24.8 Å². The van der Waals surface area contributed by atoms with Gasteiger partial charge in [0.15, 0.2) is 0 Å². The fourth-order valence-electron chi connectivity index (χ4n) is 2.59. The summed E-state index contributed by atoms with van der Waals surface area (Å²) in [6, 6.07) is 4.95. The predicted octanol–water partition coefficient (Wildman–Crippen LogP) is 2.20. The second kappa shape index (κ2) is 5.91. The van der Waals surface area contributed by atoms with Gasteiger partial charge in [-0.05, 0) is 49.4 Å². The Bertz CT molecular complexity index is 559. The third-order valence-electron chi connectivity index (χ3n) is 3.63. The van der Waals surface area contributed by atoms with Crippen LogP contribution in [0.2, 0.25) is 0 Å². The predicted molar refractivity (Wildman–Crippen MR) is 77.4 cm³/mol. The van der Waals surface area contributed by atoms with Gasteiger partial charge in [-0.15, -0.1) is 0 Å². The first kappa shape index (κ1) is 15.0. The number of sulfonamides is 1. The summed E-state index contributed by atoms with van der Waals surface area (Å²) in [5, 5.41) is 9.25. The van der Waals surface area contributed by atoms with Crippen molar-refractivity contribution in [3.8, 4) is 0 Å². The molecule has 0 bridgehead atoms. The van der Waals surface area contributed by atoms with Gasteiger partial charge in [-0.3, -0.25) is 0 Å². The molecule has 2 atom stereocenters. The van der Waals surface area contributed by atoms with Crippen molar-refractivity contribution in [1.29, 1.82) is 0 Å². The molecule has 1 fully saturated rings. The minimum Gasteiger partial charge on any atom is -0.396 e. The number of hydrogen-bond acceptors (Lipinski definition) is 3. The molecule has 106 valence electrons. The highest BCUT2D eigenvalue weighted by Crippen LogP contribution is 2.27. The molecule has 0 aliphatic heterocycles. The Hall–Kier alpha value is -0.430. The zero-order valence-electron chi connectivity index (χ0n) is 10.8. The molecule has 4 nitrogen and oxygen atoms in total. The Kier molecular flexibility index (Phi) is 4.66. The minimum absolute atomic E-state index is 0.0329. The van der Waals surface area contributed by atoms with Crippen LogP contribution in [-0.2, 0) is 10.0 Å². The molecule has 1 aromatic carbocycles. The molecule has 0 unspecified atom stereocenters. The fourth-order valence-corrected chi connectivity index (χ4v) is 4.63. The molecule has 2 rings (SSSR count). The SMILES string of the molecule is Cc1cc(Br)ccc1S(=O)(=O)N[C@@H]1CCC[C@@H]1CO. The molecule has 0 radical (unpaired) electrons. The van der Waals surface area contributed by atoms with Gasteiger partial charge < -0.3 is 5.11 Å². The van der Waals surface area contributed by atoms with E-state index in [4.69, 9.17) is 0 Å². The van der Waals surface area contributed by atoms with Crippen molar-refractivity contribution >= 4 is 26.0 Å². The normalized spacial score (nSPS) is 23.7. The van der Waals surface area contributed by atoms with Crippen molar-refractivity contribution in [2.45, 2.75) is 37.1 Å². The molecule has 0 saturated heterocycles. The smallest absolute Gasteiger partial charge is 0.241 e. The third kappa shape index (κ3) is 3.37. The largest absolute Gasteiger partial charge is 0.396 e. The van der Waals surface area contributed by atoms with Crippen LogP contribution < -0.4 is 4.72 Å². The summed E-state index contributed by atoms with van der Waals surface area (Å²) in [7, 11) is -3.52. The number of aliphatic hydroxyl groups excluding tert-OH is 1. The van der Waals surface area contributed by atoms with E-state index < -0.39 is 10.0 Å². The molecule has 0 amide bonds. The van der Waals surface area contributed by atoms with Crippen LogP contribution in [0, 0.1) is 12.8 Å². The quantitative estimate of drug-likeness (QED) is 0.877. The van der Waals surface area contributed by atoms with E-state index in [2.05, 4.69) is 20.7 Å². The van der Waals surface area contributed by atoms with Gasteiger partial charge in [0.1, 0.15) is 0 Å². The Morgan fingerprint density at radius 1 is 1.42 bits per heavy atom. The minimum atomic E-state index is -3.52. The Labute approximate surface area is 122 Å². The average molecular weight is 348 g/mol. The van der Waals surface area contributed by atoms with Crippen molar-refractivity contribution in [3.05, 3.63) is 28.2 Å². The van der Waals surface area contributed by atoms with E-state index in [1.54, 1.807) is 25.1 Å². The summed E-state index contributed by atoms with van der Waals surface area (Å²) >= 11 is 3.32. The van der Waals surface area contributed by atoms with E-state index >= 15 is 0 Å². The lowest BCUT2D eigenvalue weighted by Gasteiger charge is -2.19. The van der Waals surface area contributed by atoms with Gasteiger partial charge in [0.05, 0.1) is 4.90 Å². The summed E-state index contributed by atoms with van der Waals surface area (Å²) in [4.78, 5) is 0.305. The van der Waals surface area contributed by atoms with Gasteiger partial charge in [-0.25, -0.2) is 13.1 Å². The molecule has 0 spiro atoms. The van der Waals surface area contributed by atoms with Gasteiger partial charge in [0.2, 0.25) is 10.0 Å². The number of rotatable bonds is 4. The molecule has 1 aliphatic rings. The monoisotopic (exact) mass is 347 g/mol. The maximum Gasteiger partial charge on any atom is 0.241 e. The van der Waals surface area contributed by atoms with E-state index in [1.165, 1.54) is 0 Å². The number of aliphatic hydroxyl groups is 1. The van der Waals surface area contributed by atoms with E-state index in [9.17, 15) is 13.5 Å². The zero-order valence-corrected chi connectivity index (χ0v) is 13.2. The van der Waals surface area contributed by atoms with Crippen LogP contribution in [-0.4, -0.2) is 26.2 Å². The lowest BCUT2D eigenvalue weighted by Crippen LogP contribution is -2.38. The first-order chi connectivity index (χ1) is 8.94. The van der Waals surface area contributed by atoms with E-state index in [-0.39, 0.29) is 18.6 Å². The summed E-state index contributed by atoms with van der Waals surface area (Å²) in [6.07, 6.45) is 2.63. The average Bonchev–Trinajstić information content (AvgIpc) is 2.74. The second-order valence-corrected chi connectivity index (χ2v) is 7.61. The summed E-state index contributed by atoms with van der Waals surface area (Å²) < 4.78 is 28.3. The summed E-state index contributed by atoms with van der Waals surface area (Å²) in [6.45, 7) is 1.81. The zero-order chi connectivity index (χ0) is 14.0. The summed E-state index contributed by atoms with van der Waals surface area (Å²) in [5.74, 6) is 0.0329. The van der Waals surface area contributed by atoms with Crippen LogP contribution in [0.15, 0.2) is 27.6 Å². The highest BCUT2D eigenvalue weighted by Gasteiger charge is 2.31. The molecular formula is C13H18BrNO3S. The molecule has 1 aromatic rings. The lowest BCUT2D eigenvalue weighted by molar-refractivity contribution is 0.213. The fraction of sp³-hybridized carbons (Fsp3) is 0.538. The van der Waals surface area contributed by atoms with Crippen molar-refractivity contribution in [2.75, 3.05) is 6.61 Å². The van der Waals surface area contributed by atoms with E-state index in [1.807, 2.05) is 0 Å². The number of benzene rings is 1. The van der Waals surface area contributed by atoms with Gasteiger partial charge in [0.25, 0.3) is 0 Å². The number of halogens is 1. The Balaban J connectivity index is 2.23. The number of nitrogens with one attached hydrogen (secondary N) is 1. The molecule has 2 N–H and O–H groups in total. The van der Waals surface area contributed by atoms with Crippen LogP contribution in [0.25, 0.3) is 0 Å². The van der Waals surface area contributed by atoms with E-state index in [0.29, 0.717) is 10.5 Å². The van der Waals surface area contributed by atoms with Crippen LogP contribution in [0.3, 0.4) is 0 Å². The van der Waals surface area contributed by atoms with Crippen molar-refractivity contribution in [2.24, 2.45) is 5.92 Å². The molecule has 0 aromatic heterocycles. The van der Waals surface area contributed by atoms with Gasteiger partial charge in [-0.2, -0.15) is 0 Å². The Morgan fingerprint density at radius 2 is 2.16 bits per heavy atom. The maximum atomic E-state index is 12.4. The van der Waals surface area contributed by atoms with Gasteiger partial charge in [0, 0.05) is 17.1 Å². The third-order valence-corrected chi connectivity index (χ3v) is 5.77. The van der Waals surface area contributed by atoms with Crippen LogP contribution >= 0.6 is 15.9 Å². The number of aryl methyl sites for hydroxylation is 1. The van der Waals surface area contributed by atoms with Crippen LogP contribution in [0.5, 0.6) is 0 Å². The lowest BCUT2D eigenvalue weighted by atomic mass is 10.1. The Morgan fingerprint density at radius 3 is 2.79 bits per heavy atom. The second-order valence-electron chi connectivity index (χ2n) is 5.01. The highest BCUT2D eigenvalue weighted by atomic mass is 79.9. The standard InChI is InChI=1S/C13H18BrNO3S/c1-9-7-11(14)5-6-13(9)19(17,18)15-12-4-2-3-10(12)8-16/h5-7,10,12,15-16H,2-4,8H2,1H3/t10-,12-/m1/s1. The molecular weight excluding hydrogens is 330 g/mol. The first-order valence-corrected chi connectivity index (χ1v) is 8.61. The topological polar surface area (TPSA) is 66.4 Å². The molecule has 1 aliphatic carbocycles. The van der Waals surface area contributed by atoms with Crippen LogP contribution in [0.4, 0.5) is 0 Å². The molecule has 0 heterocycles. The van der Waals surface area contributed by atoms with Crippen molar-refractivity contribution < 1.29 is 13.5 Å². The maximum absolute atomic E-state index is 12.4.